The van der Waals surface area contributed by atoms with Crippen LogP contribution >= 0.6 is 11.6 Å². The Morgan fingerprint density at radius 2 is 1.81 bits per heavy atom. The summed E-state index contributed by atoms with van der Waals surface area (Å²) in [5.41, 5.74) is 3.14. The highest BCUT2D eigenvalue weighted by molar-refractivity contribution is 7.91. The number of nitrogens with one attached hydrogen (secondary N) is 2. The van der Waals surface area contributed by atoms with E-state index in [1.807, 2.05) is 24.3 Å². The molecule has 3 N–H and O–H groups in total. The molecule has 186 valence electrons. The highest BCUT2D eigenvalue weighted by Gasteiger charge is 2.48. The minimum Gasteiger partial charge on any atom is -0.456 e. The van der Waals surface area contributed by atoms with Gasteiger partial charge in [0.05, 0.1) is 44.1 Å². The molecule has 5 heterocycles. The van der Waals surface area contributed by atoms with Crippen molar-refractivity contribution in [2.24, 2.45) is 0 Å². The van der Waals surface area contributed by atoms with E-state index in [-0.39, 0.29) is 23.6 Å². The van der Waals surface area contributed by atoms with Crippen molar-refractivity contribution in [3.63, 3.8) is 0 Å². The van der Waals surface area contributed by atoms with Gasteiger partial charge in [-0.2, -0.15) is 4.98 Å². The number of aliphatic hydroxyl groups excluding tert-OH is 1. The number of hydrogen-bond acceptors (Lipinski definition) is 10. The summed E-state index contributed by atoms with van der Waals surface area (Å²) in [6.07, 6.45) is 2.36. The molecule has 4 aromatic rings. The summed E-state index contributed by atoms with van der Waals surface area (Å²) in [5.74, 6) is 0.453. The minimum absolute atomic E-state index is 0.220. The number of nitrogens with zero attached hydrogens (tertiary/aromatic N) is 4. The number of aromatic nitrogens is 5. The predicted molar refractivity (Wildman–Crippen MR) is 130 cm³/mol. The molecule has 0 bridgehead atoms. The molecule has 2 aliphatic rings. The molecule has 2 saturated heterocycles. The second kappa shape index (κ2) is 8.75. The van der Waals surface area contributed by atoms with Crippen molar-refractivity contribution in [1.82, 2.24) is 24.9 Å². The van der Waals surface area contributed by atoms with E-state index in [1.165, 1.54) is 18.6 Å². The SMILES string of the molecule is CS(=N)(=O)c1cnc(-c2ccc(-c3nc4nc(O[C@@H]5CO[C@H]6[C@@H]5OC[C@H]6O)[nH]c4cc3Cl)cc2)nc1. The third-order valence-corrected chi connectivity index (χ3v) is 7.54. The fraction of sp³-hybridized carbons (Fsp3) is 0.304. The third-order valence-electron chi connectivity index (χ3n) is 6.14. The number of aromatic amines is 1. The van der Waals surface area contributed by atoms with Crippen LogP contribution in [0, 0.1) is 4.78 Å². The molecule has 5 atom stereocenters. The van der Waals surface area contributed by atoms with Crippen LogP contribution < -0.4 is 4.74 Å². The number of imidazole rings is 1. The molecular formula is C23H21ClN6O5S. The number of benzene rings is 1. The Labute approximate surface area is 210 Å². The van der Waals surface area contributed by atoms with Gasteiger partial charge in [0.2, 0.25) is 0 Å². The molecule has 2 aliphatic heterocycles. The van der Waals surface area contributed by atoms with Gasteiger partial charge in [-0.25, -0.2) is 23.9 Å². The zero-order chi connectivity index (χ0) is 25.0. The molecule has 3 aromatic heterocycles. The minimum atomic E-state index is -2.87. The maximum absolute atomic E-state index is 11.8. The smallest absolute Gasteiger partial charge is 0.296 e. The fourth-order valence-electron chi connectivity index (χ4n) is 4.29. The monoisotopic (exact) mass is 528 g/mol. The van der Waals surface area contributed by atoms with Crippen LogP contribution in [0.2, 0.25) is 5.02 Å². The molecule has 13 heteroatoms. The second-order valence-electron chi connectivity index (χ2n) is 8.71. The fourth-order valence-corrected chi connectivity index (χ4v) is 5.05. The highest BCUT2D eigenvalue weighted by atomic mass is 35.5. The molecule has 11 nitrogen and oxygen atoms in total. The molecule has 36 heavy (non-hydrogen) atoms. The molecule has 0 spiro atoms. The van der Waals surface area contributed by atoms with Gasteiger partial charge in [-0.1, -0.05) is 35.9 Å². The van der Waals surface area contributed by atoms with Crippen molar-refractivity contribution >= 4 is 32.5 Å². The van der Waals surface area contributed by atoms with Gasteiger partial charge in [-0.15, -0.1) is 0 Å². The van der Waals surface area contributed by atoms with Crippen LogP contribution in [-0.2, 0) is 19.2 Å². The topological polar surface area (TPSA) is 156 Å². The van der Waals surface area contributed by atoms with Gasteiger partial charge >= 0.3 is 0 Å². The first-order chi connectivity index (χ1) is 17.3. The molecule has 0 saturated carbocycles. The number of H-pyrrole nitrogens is 1. The molecule has 0 radical (unpaired) electrons. The molecule has 0 amide bonds. The molecule has 1 aromatic carbocycles. The van der Waals surface area contributed by atoms with Crippen LogP contribution in [0.5, 0.6) is 6.01 Å². The zero-order valence-corrected chi connectivity index (χ0v) is 20.5. The van der Waals surface area contributed by atoms with Crippen LogP contribution in [0.4, 0.5) is 0 Å². The quantitative estimate of drug-likeness (QED) is 0.354. The average molecular weight is 529 g/mol. The summed E-state index contributed by atoms with van der Waals surface area (Å²) in [7, 11) is -2.87. The van der Waals surface area contributed by atoms with E-state index in [0.717, 1.165) is 11.1 Å². The van der Waals surface area contributed by atoms with E-state index in [9.17, 15) is 9.32 Å². The van der Waals surface area contributed by atoms with Gasteiger partial charge in [0.15, 0.2) is 17.6 Å². The number of aliphatic hydroxyl groups is 1. The number of ether oxygens (including phenoxy) is 3. The van der Waals surface area contributed by atoms with Crippen molar-refractivity contribution < 1.29 is 23.5 Å². The van der Waals surface area contributed by atoms with E-state index in [1.54, 1.807) is 6.07 Å². The highest BCUT2D eigenvalue weighted by Crippen LogP contribution is 2.32. The lowest BCUT2D eigenvalue weighted by Gasteiger charge is -2.15. The Morgan fingerprint density at radius 3 is 2.53 bits per heavy atom. The predicted octanol–water partition coefficient (Wildman–Crippen LogP) is 2.68. The number of rotatable bonds is 5. The molecule has 1 unspecified atom stereocenters. The van der Waals surface area contributed by atoms with Crippen molar-refractivity contribution in [1.29, 1.82) is 4.78 Å². The molecule has 2 fully saturated rings. The van der Waals surface area contributed by atoms with E-state index >= 15 is 0 Å². The average Bonchev–Trinajstić information content (AvgIpc) is 3.55. The largest absolute Gasteiger partial charge is 0.456 e. The zero-order valence-electron chi connectivity index (χ0n) is 18.9. The van der Waals surface area contributed by atoms with Gasteiger partial charge in [-0.05, 0) is 6.07 Å². The second-order valence-corrected chi connectivity index (χ2v) is 11.3. The summed E-state index contributed by atoms with van der Waals surface area (Å²) in [5, 5.41) is 10.3. The van der Waals surface area contributed by atoms with Crippen LogP contribution in [0.25, 0.3) is 33.8 Å². The van der Waals surface area contributed by atoms with E-state index in [0.29, 0.717) is 34.3 Å². The number of hydrogen-bond donors (Lipinski definition) is 3. The van der Waals surface area contributed by atoms with Gasteiger partial charge in [-0.3, -0.25) is 0 Å². The van der Waals surface area contributed by atoms with Crippen LogP contribution in [0.1, 0.15) is 0 Å². The van der Waals surface area contributed by atoms with Gasteiger partial charge in [0, 0.05) is 29.8 Å². The summed E-state index contributed by atoms with van der Waals surface area (Å²) in [4.78, 5) is 20.9. The van der Waals surface area contributed by atoms with Crippen molar-refractivity contribution in [2.45, 2.75) is 29.3 Å². The lowest BCUT2D eigenvalue weighted by molar-refractivity contribution is 0.00706. The first-order valence-corrected chi connectivity index (χ1v) is 13.4. The van der Waals surface area contributed by atoms with Crippen LogP contribution in [0.15, 0.2) is 47.6 Å². The van der Waals surface area contributed by atoms with Crippen molar-refractivity contribution in [2.75, 3.05) is 19.5 Å². The standard InChI is InChI=1S/C23H21ClN6O5S/c1-36(25,32)13-7-26-21(27-8-13)12-4-2-11(3-5-12)18-14(24)6-15-22(29-18)30-23(28-15)35-17-10-34-19-16(31)9-33-20(17)19/h2-8,16-17,19-20,25,31H,9-10H2,1H3,(H,28,29,30)/t16-,17-,19-,20-,36?/m1/s1. The first kappa shape index (κ1) is 23.3. The Morgan fingerprint density at radius 1 is 1.11 bits per heavy atom. The molecule has 6 rings (SSSR count). The van der Waals surface area contributed by atoms with Crippen molar-refractivity contribution in [3.05, 3.63) is 47.7 Å². The summed E-state index contributed by atoms with van der Waals surface area (Å²) >= 11 is 6.53. The number of fused-ring (bicyclic) bond motifs is 2. The summed E-state index contributed by atoms with van der Waals surface area (Å²) in [6, 6.07) is 9.38. The lowest BCUT2D eigenvalue weighted by Crippen LogP contribution is -2.34. The number of pyridine rings is 1. The van der Waals surface area contributed by atoms with Gasteiger partial charge in [0.1, 0.15) is 18.3 Å². The maximum Gasteiger partial charge on any atom is 0.296 e. The van der Waals surface area contributed by atoms with E-state index in [4.69, 9.17) is 30.6 Å². The van der Waals surface area contributed by atoms with Crippen molar-refractivity contribution in [3.8, 4) is 28.7 Å². The van der Waals surface area contributed by atoms with Gasteiger partial charge in [0.25, 0.3) is 6.01 Å². The van der Waals surface area contributed by atoms with Crippen LogP contribution in [-0.4, -0.2) is 78.1 Å². The normalized spacial score (nSPS) is 25.1. The van der Waals surface area contributed by atoms with E-state index in [2.05, 4.69) is 24.9 Å². The Bertz CT molecular complexity index is 1540. The maximum atomic E-state index is 11.8. The first-order valence-electron chi connectivity index (χ1n) is 11.1. The molecular weight excluding hydrogens is 508 g/mol. The van der Waals surface area contributed by atoms with Gasteiger partial charge < -0.3 is 24.3 Å². The lowest BCUT2D eigenvalue weighted by atomic mass is 10.1. The van der Waals surface area contributed by atoms with E-state index < -0.39 is 28.0 Å². The Hall–Kier alpha value is -3.16. The third kappa shape index (κ3) is 4.20. The number of halogens is 1. The summed E-state index contributed by atoms with van der Waals surface area (Å²) in [6.45, 7) is 0.514. The Balaban J connectivity index is 1.23. The summed E-state index contributed by atoms with van der Waals surface area (Å²) < 4.78 is 36.6. The molecule has 0 aliphatic carbocycles. The van der Waals surface area contributed by atoms with Crippen LogP contribution in [0.3, 0.4) is 0 Å². The Kier molecular flexibility index (Phi) is 5.65.